The molecule has 2 aromatic heterocycles. The number of H-pyrrole nitrogens is 1. The van der Waals surface area contributed by atoms with Gasteiger partial charge in [0.2, 0.25) is 0 Å². The molecule has 9 nitrogen and oxygen atoms in total. The summed E-state index contributed by atoms with van der Waals surface area (Å²) in [6.07, 6.45) is 5.96. The van der Waals surface area contributed by atoms with Crippen LogP contribution < -0.4 is 9.47 Å². The summed E-state index contributed by atoms with van der Waals surface area (Å²) < 4.78 is 31.6. The van der Waals surface area contributed by atoms with E-state index in [1.807, 2.05) is 37.3 Å². The minimum atomic E-state index is -0.387. The van der Waals surface area contributed by atoms with E-state index in [0.29, 0.717) is 43.4 Å². The SMILES string of the molecule is CCOC(=O)c1[nH]c2c(-c3c(COC4CCCCO4)nn4c3CCC4)c(Cl)ccc2c1CCCOc1cc(SCc2ccc(OC)cc2)cc2ccccc12. The topological polar surface area (TPSA) is 96.8 Å². The second-order valence-corrected chi connectivity index (χ2v) is 15.4. The summed E-state index contributed by atoms with van der Waals surface area (Å²) in [5, 5.41) is 8.72. The summed E-state index contributed by atoms with van der Waals surface area (Å²) >= 11 is 8.86. The van der Waals surface area contributed by atoms with Crippen LogP contribution in [0.2, 0.25) is 5.02 Å². The van der Waals surface area contributed by atoms with E-state index < -0.39 is 0 Å². The van der Waals surface area contributed by atoms with Crippen molar-refractivity contribution in [1.82, 2.24) is 14.8 Å². The molecular formula is C44H46ClN3O6S. The Bertz CT molecular complexity index is 2300. The van der Waals surface area contributed by atoms with Gasteiger partial charge in [0.1, 0.15) is 17.2 Å². The third-order valence-electron chi connectivity index (χ3n) is 10.4. The predicted octanol–water partition coefficient (Wildman–Crippen LogP) is 10.3. The van der Waals surface area contributed by atoms with Crippen LogP contribution in [0.5, 0.6) is 11.5 Å². The average molecular weight is 780 g/mol. The van der Waals surface area contributed by atoms with Gasteiger partial charge in [-0.15, -0.1) is 11.8 Å². The summed E-state index contributed by atoms with van der Waals surface area (Å²) in [6.45, 7) is 4.43. The van der Waals surface area contributed by atoms with Crippen LogP contribution in [-0.2, 0) is 46.0 Å². The van der Waals surface area contributed by atoms with Crippen LogP contribution in [0.1, 0.15) is 72.0 Å². The number of aryl methyl sites for hydroxylation is 2. The van der Waals surface area contributed by atoms with Crippen LogP contribution in [0, 0.1) is 0 Å². The van der Waals surface area contributed by atoms with Gasteiger partial charge in [0.05, 0.1) is 43.2 Å². The van der Waals surface area contributed by atoms with Gasteiger partial charge in [-0.1, -0.05) is 54.1 Å². The van der Waals surface area contributed by atoms with Crippen molar-refractivity contribution >= 4 is 51.0 Å². The number of benzene rings is 4. The quantitative estimate of drug-likeness (QED) is 0.0625. The molecule has 8 rings (SSSR count). The number of hydrogen-bond donors (Lipinski definition) is 1. The first-order valence-electron chi connectivity index (χ1n) is 19.2. The van der Waals surface area contributed by atoms with Gasteiger partial charge in [0.25, 0.3) is 0 Å². The molecule has 1 fully saturated rings. The number of carbonyl (C=O) groups excluding carboxylic acids is 1. The second kappa shape index (κ2) is 17.1. The normalized spacial score (nSPS) is 15.4. The molecule has 55 heavy (non-hydrogen) atoms. The van der Waals surface area contributed by atoms with Crippen molar-refractivity contribution in [3.63, 3.8) is 0 Å². The number of nitrogens with one attached hydrogen (secondary N) is 1. The number of methoxy groups -OCH3 is 1. The highest BCUT2D eigenvalue weighted by Gasteiger charge is 2.29. The number of ether oxygens (including phenoxy) is 5. The largest absolute Gasteiger partial charge is 0.497 e. The van der Waals surface area contributed by atoms with Crippen LogP contribution in [-0.4, -0.2) is 54.0 Å². The second-order valence-electron chi connectivity index (χ2n) is 14.0. The molecule has 0 amide bonds. The number of fused-ring (bicyclic) bond motifs is 3. The highest BCUT2D eigenvalue weighted by molar-refractivity contribution is 7.98. The zero-order chi connectivity index (χ0) is 37.7. The predicted molar refractivity (Wildman–Crippen MR) is 218 cm³/mol. The van der Waals surface area contributed by atoms with Crippen LogP contribution >= 0.6 is 23.4 Å². The molecule has 1 N–H and O–H groups in total. The molecule has 0 spiro atoms. The maximum atomic E-state index is 13.5. The Balaban J connectivity index is 1.05. The Labute approximate surface area is 330 Å². The molecule has 4 heterocycles. The number of aromatic nitrogens is 3. The lowest BCUT2D eigenvalue weighted by Gasteiger charge is -2.22. The first-order valence-corrected chi connectivity index (χ1v) is 20.6. The third kappa shape index (κ3) is 8.10. The third-order valence-corrected chi connectivity index (χ3v) is 11.8. The van der Waals surface area contributed by atoms with Crippen molar-refractivity contribution in [2.75, 3.05) is 26.9 Å². The molecule has 0 aliphatic carbocycles. The zero-order valence-corrected chi connectivity index (χ0v) is 32.9. The lowest BCUT2D eigenvalue weighted by molar-refractivity contribution is -0.169. The fourth-order valence-corrected chi connectivity index (χ4v) is 8.92. The molecule has 6 aromatic rings. The number of esters is 1. The van der Waals surface area contributed by atoms with E-state index in [2.05, 4.69) is 52.1 Å². The van der Waals surface area contributed by atoms with Crippen molar-refractivity contribution in [3.05, 3.63) is 106 Å². The van der Waals surface area contributed by atoms with E-state index in [9.17, 15) is 4.79 Å². The monoisotopic (exact) mass is 779 g/mol. The minimum absolute atomic E-state index is 0.238. The number of halogens is 1. The number of carbonyl (C=O) groups is 1. The number of thioether (sulfide) groups is 1. The van der Waals surface area contributed by atoms with Crippen LogP contribution in [0.15, 0.2) is 77.7 Å². The molecule has 1 unspecified atom stereocenters. The summed E-state index contributed by atoms with van der Waals surface area (Å²) in [4.78, 5) is 18.1. The number of rotatable bonds is 15. The summed E-state index contributed by atoms with van der Waals surface area (Å²) in [5.74, 6) is 2.14. The maximum absolute atomic E-state index is 13.5. The summed E-state index contributed by atoms with van der Waals surface area (Å²) in [6, 6.07) is 24.8. The van der Waals surface area contributed by atoms with Gasteiger partial charge in [0.15, 0.2) is 6.29 Å². The van der Waals surface area contributed by atoms with Gasteiger partial charge >= 0.3 is 5.97 Å². The number of hydrogen-bond acceptors (Lipinski definition) is 8. The molecule has 0 saturated carbocycles. The van der Waals surface area contributed by atoms with Crippen molar-refractivity contribution in [1.29, 1.82) is 0 Å². The van der Waals surface area contributed by atoms with E-state index >= 15 is 0 Å². The van der Waals surface area contributed by atoms with Crippen LogP contribution in [0.4, 0.5) is 0 Å². The van der Waals surface area contributed by atoms with Gasteiger partial charge in [-0.3, -0.25) is 4.68 Å². The fraction of sp³-hybridized carbons (Fsp3) is 0.364. The first-order chi connectivity index (χ1) is 27.0. The highest BCUT2D eigenvalue weighted by atomic mass is 35.5. The standard InChI is InChI=1S/C44H46ClN3O6S/c1-3-51-44(49)43-33(12-9-23-52-38-25-31(24-29-10-4-5-11-32(29)38)55-27-28-15-17-30(50-2)18-16-28)34-19-20-35(45)40(42(34)46-43)41-36(47-48-21-8-13-37(41)48)26-54-39-14-6-7-22-53-39/h4-5,10-11,15-20,24-25,39,46H,3,6-9,12-14,21-23,26-27H2,1-2H3. The molecular weight excluding hydrogens is 734 g/mol. The maximum Gasteiger partial charge on any atom is 0.355 e. The number of nitrogens with zero attached hydrogens (tertiary/aromatic N) is 2. The van der Waals surface area contributed by atoms with Crippen molar-refractivity contribution in [2.45, 2.75) is 82.0 Å². The van der Waals surface area contributed by atoms with Crippen LogP contribution in [0.3, 0.4) is 0 Å². The lowest BCUT2D eigenvalue weighted by Crippen LogP contribution is -2.22. The minimum Gasteiger partial charge on any atom is -0.497 e. The van der Waals surface area contributed by atoms with E-state index in [0.717, 1.165) is 111 Å². The van der Waals surface area contributed by atoms with Gasteiger partial charge in [-0.25, -0.2) is 4.79 Å². The fourth-order valence-electron chi connectivity index (χ4n) is 7.74. The molecule has 286 valence electrons. The average Bonchev–Trinajstić information content (AvgIpc) is 3.92. The van der Waals surface area contributed by atoms with E-state index in [4.69, 9.17) is 40.4 Å². The molecule has 2 aliphatic heterocycles. The van der Waals surface area contributed by atoms with Gasteiger partial charge in [0, 0.05) is 51.4 Å². The Morgan fingerprint density at radius 1 is 1.04 bits per heavy atom. The van der Waals surface area contributed by atoms with E-state index in [1.165, 1.54) is 5.56 Å². The highest BCUT2D eigenvalue weighted by Crippen LogP contribution is 2.43. The lowest BCUT2D eigenvalue weighted by atomic mass is 9.97. The van der Waals surface area contributed by atoms with E-state index in [-0.39, 0.29) is 18.9 Å². The van der Waals surface area contributed by atoms with Crippen molar-refractivity contribution < 1.29 is 28.5 Å². The smallest absolute Gasteiger partial charge is 0.355 e. The summed E-state index contributed by atoms with van der Waals surface area (Å²) in [7, 11) is 1.68. The van der Waals surface area contributed by atoms with Gasteiger partial charge < -0.3 is 28.7 Å². The summed E-state index contributed by atoms with van der Waals surface area (Å²) in [5.41, 5.74) is 7.14. The Kier molecular flexibility index (Phi) is 11.7. The number of aromatic amines is 1. The molecule has 0 radical (unpaired) electrons. The molecule has 4 aromatic carbocycles. The molecule has 1 saturated heterocycles. The molecule has 1 atom stereocenters. The van der Waals surface area contributed by atoms with E-state index in [1.54, 1.807) is 18.9 Å². The Hall–Kier alpha value is -4.48. The molecule has 11 heteroatoms. The van der Waals surface area contributed by atoms with Crippen LogP contribution in [0.25, 0.3) is 32.8 Å². The Morgan fingerprint density at radius 2 is 1.91 bits per heavy atom. The molecule has 0 bridgehead atoms. The van der Waals surface area contributed by atoms with Gasteiger partial charge in [-0.2, -0.15) is 5.10 Å². The van der Waals surface area contributed by atoms with Gasteiger partial charge in [-0.05, 0) is 98.7 Å². The first kappa shape index (κ1) is 37.4. The zero-order valence-electron chi connectivity index (χ0n) is 31.3. The van der Waals surface area contributed by atoms with Crippen molar-refractivity contribution in [3.8, 4) is 22.6 Å². The molecule has 2 aliphatic rings. The Morgan fingerprint density at radius 3 is 2.73 bits per heavy atom. The van der Waals surface area contributed by atoms with Crippen molar-refractivity contribution in [2.24, 2.45) is 0 Å².